The third-order valence-electron chi connectivity index (χ3n) is 6.55. The molecule has 1 saturated carbocycles. The molecule has 2 aliphatic rings. The number of hydrazine groups is 1. The van der Waals surface area contributed by atoms with E-state index in [1.807, 2.05) is 0 Å². The number of nitrogens with two attached hydrogens (primary N) is 2. The molecule has 1 amide bonds. The van der Waals surface area contributed by atoms with E-state index in [1.54, 1.807) is 18.2 Å². The first-order valence-corrected chi connectivity index (χ1v) is 11.0. The predicted molar refractivity (Wildman–Crippen MR) is 120 cm³/mol. The molecule has 7 nitrogen and oxygen atoms in total. The highest BCUT2D eigenvalue weighted by molar-refractivity contribution is 6.00. The van der Waals surface area contributed by atoms with Crippen LogP contribution >= 0.6 is 0 Å². The number of piperazine rings is 1. The van der Waals surface area contributed by atoms with Gasteiger partial charge in [-0.3, -0.25) is 14.8 Å². The van der Waals surface area contributed by atoms with Crippen LogP contribution in [-0.2, 0) is 6.18 Å². The zero-order valence-corrected chi connectivity index (χ0v) is 18.6. The van der Waals surface area contributed by atoms with Crippen LogP contribution in [0.25, 0.3) is 11.1 Å². The maximum Gasteiger partial charge on any atom is 0.433 e. The minimum absolute atomic E-state index is 0.00401. The Morgan fingerprint density at radius 1 is 1.12 bits per heavy atom. The van der Waals surface area contributed by atoms with E-state index in [-0.39, 0.29) is 16.7 Å². The number of nitrogens with zero attached hydrogens (tertiary/aromatic N) is 4. The number of anilines is 1. The monoisotopic (exact) mass is 462 g/mol. The number of carbonyl (C=O) groups excluding carboxylic acids is 1. The Morgan fingerprint density at radius 3 is 2.36 bits per heavy atom. The molecule has 0 atom stereocenters. The van der Waals surface area contributed by atoms with Crippen molar-refractivity contribution < 1.29 is 18.0 Å². The summed E-state index contributed by atoms with van der Waals surface area (Å²) in [5, 5.41) is 1.23. The molecule has 0 bridgehead atoms. The molecule has 2 aromatic rings. The number of hydrogen-bond donors (Lipinski definition) is 2. The quantitative estimate of drug-likeness (QED) is 0.297. The highest BCUT2D eigenvalue weighted by Crippen LogP contribution is 2.47. The van der Waals surface area contributed by atoms with E-state index >= 15 is 0 Å². The van der Waals surface area contributed by atoms with E-state index < -0.39 is 17.8 Å². The fraction of sp³-hybridized carbons (Fsp3) is 0.478. The van der Waals surface area contributed by atoms with Crippen molar-refractivity contribution in [1.29, 1.82) is 0 Å². The lowest BCUT2D eigenvalue weighted by atomic mass is 10.0. The number of likely N-dealkylation sites (N-methyl/N-ethyl adjacent to an activating group) is 1. The average molecular weight is 463 g/mol. The molecule has 2 fully saturated rings. The van der Waals surface area contributed by atoms with Crippen molar-refractivity contribution in [2.24, 2.45) is 11.3 Å². The Kier molecular flexibility index (Phi) is 6.35. The van der Waals surface area contributed by atoms with Crippen molar-refractivity contribution in [2.45, 2.75) is 19.0 Å². The lowest BCUT2D eigenvalue weighted by Crippen LogP contribution is -2.49. The van der Waals surface area contributed by atoms with Crippen molar-refractivity contribution in [3.05, 3.63) is 47.8 Å². The Hall–Kier alpha value is -2.69. The third kappa shape index (κ3) is 5.45. The molecule has 0 unspecified atom stereocenters. The number of halogens is 3. The molecule has 0 radical (unpaired) electrons. The molecular weight excluding hydrogens is 433 g/mol. The van der Waals surface area contributed by atoms with Crippen molar-refractivity contribution in [3.63, 3.8) is 0 Å². The second-order valence-corrected chi connectivity index (χ2v) is 9.24. The maximum atomic E-state index is 13.1. The first-order chi connectivity index (χ1) is 15.6. The fourth-order valence-electron chi connectivity index (χ4n) is 4.26. The first-order valence-electron chi connectivity index (χ1n) is 11.0. The molecule has 1 saturated heterocycles. The number of carbonyl (C=O) groups is 1. The summed E-state index contributed by atoms with van der Waals surface area (Å²) in [4.78, 5) is 21.3. The van der Waals surface area contributed by atoms with Crippen LogP contribution in [0.5, 0.6) is 0 Å². The molecular formula is C23H29F3N6O. The predicted octanol–water partition coefficient (Wildman–Crippen LogP) is 2.69. The summed E-state index contributed by atoms with van der Waals surface area (Å²) in [5.41, 5.74) is 6.57. The van der Waals surface area contributed by atoms with E-state index in [0.29, 0.717) is 17.7 Å². The number of rotatable bonds is 6. The maximum absolute atomic E-state index is 13.1. The molecule has 4 N–H and O–H groups in total. The minimum Gasteiger partial charge on any atom is -0.398 e. The van der Waals surface area contributed by atoms with Crippen LogP contribution < -0.4 is 11.6 Å². The number of benzene rings is 1. The smallest absolute Gasteiger partial charge is 0.398 e. The summed E-state index contributed by atoms with van der Waals surface area (Å²) in [5.74, 6) is 5.79. The topological polar surface area (TPSA) is 91.7 Å². The Balaban J connectivity index is 1.45. The van der Waals surface area contributed by atoms with Crippen LogP contribution in [0.15, 0.2) is 36.5 Å². The molecule has 1 aromatic carbocycles. The van der Waals surface area contributed by atoms with Crippen LogP contribution in [-0.4, -0.2) is 72.0 Å². The minimum atomic E-state index is -4.51. The molecule has 178 valence electrons. The summed E-state index contributed by atoms with van der Waals surface area (Å²) >= 11 is 0. The van der Waals surface area contributed by atoms with Gasteiger partial charge in [0.2, 0.25) is 0 Å². The molecule has 0 spiro atoms. The van der Waals surface area contributed by atoms with Gasteiger partial charge in [0.15, 0.2) is 0 Å². The van der Waals surface area contributed by atoms with E-state index in [2.05, 4.69) is 21.8 Å². The molecule has 1 aromatic heterocycles. The Labute approximate surface area is 191 Å². The molecule has 10 heteroatoms. The van der Waals surface area contributed by atoms with Crippen LogP contribution in [0.4, 0.5) is 18.9 Å². The zero-order chi connectivity index (χ0) is 23.8. The van der Waals surface area contributed by atoms with Crippen LogP contribution in [0.1, 0.15) is 28.9 Å². The van der Waals surface area contributed by atoms with Gasteiger partial charge in [-0.15, -0.1) is 0 Å². The Morgan fingerprint density at radius 2 is 1.79 bits per heavy atom. The number of aromatic nitrogens is 1. The molecule has 1 aliphatic heterocycles. The van der Waals surface area contributed by atoms with E-state index in [0.717, 1.165) is 57.8 Å². The van der Waals surface area contributed by atoms with Gasteiger partial charge in [-0.25, -0.2) is 5.84 Å². The van der Waals surface area contributed by atoms with Gasteiger partial charge in [0.05, 0.1) is 5.56 Å². The highest BCUT2D eigenvalue weighted by Gasteiger charge is 2.46. The standard InChI is InChI=1S/C23H29F3N6O/c1-30-8-10-31(11-9-30)14-22(6-7-22)15-32(28)21(33)18-12-16(2-4-19(18)27)17-3-5-20(29-13-17)23(24,25)26/h2-5,12-13H,6-11,14-15,27-28H2,1H3. The first kappa shape index (κ1) is 23.5. The highest BCUT2D eigenvalue weighted by atomic mass is 19.4. The number of amides is 1. The van der Waals surface area contributed by atoms with Gasteiger partial charge in [-0.05, 0) is 43.7 Å². The summed E-state index contributed by atoms with van der Waals surface area (Å²) in [6, 6.07) is 7.00. The van der Waals surface area contributed by atoms with Crippen LogP contribution in [0.2, 0.25) is 0 Å². The normalized spacial score (nSPS) is 18.8. The summed E-state index contributed by atoms with van der Waals surface area (Å²) in [6.07, 6.45) is -1.33. The summed E-state index contributed by atoms with van der Waals surface area (Å²) in [6.45, 7) is 5.42. The fourth-order valence-corrected chi connectivity index (χ4v) is 4.26. The average Bonchev–Trinajstić information content (AvgIpc) is 3.53. The SMILES string of the molecule is CN1CCN(CC2(CN(N)C(=O)c3cc(-c4ccc(C(F)(F)F)nc4)ccc3N)CC2)CC1. The summed E-state index contributed by atoms with van der Waals surface area (Å²) in [7, 11) is 2.11. The molecule has 33 heavy (non-hydrogen) atoms. The van der Waals surface area contributed by atoms with Gasteiger partial charge >= 0.3 is 6.18 Å². The third-order valence-corrected chi connectivity index (χ3v) is 6.55. The van der Waals surface area contributed by atoms with Gasteiger partial charge in [0.1, 0.15) is 5.69 Å². The van der Waals surface area contributed by atoms with Crippen molar-refractivity contribution in [3.8, 4) is 11.1 Å². The lowest BCUT2D eigenvalue weighted by Gasteiger charge is -2.35. The molecule has 1 aliphatic carbocycles. The van der Waals surface area contributed by atoms with E-state index in [4.69, 9.17) is 11.6 Å². The molecule has 2 heterocycles. The van der Waals surface area contributed by atoms with Crippen LogP contribution in [0.3, 0.4) is 0 Å². The molecule has 4 rings (SSSR count). The van der Waals surface area contributed by atoms with Gasteiger partial charge < -0.3 is 15.5 Å². The Bertz CT molecular complexity index is 998. The zero-order valence-electron chi connectivity index (χ0n) is 18.6. The largest absolute Gasteiger partial charge is 0.433 e. The van der Waals surface area contributed by atoms with Crippen molar-refractivity contribution in [1.82, 2.24) is 19.8 Å². The number of pyridine rings is 1. The van der Waals surface area contributed by atoms with Gasteiger partial charge in [0.25, 0.3) is 5.91 Å². The van der Waals surface area contributed by atoms with E-state index in [1.165, 1.54) is 11.1 Å². The number of hydrogen-bond acceptors (Lipinski definition) is 6. The number of nitrogen functional groups attached to an aromatic ring is 1. The van der Waals surface area contributed by atoms with Crippen molar-refractivity contribution >= 4 is 11.6 Å². The second kappa shape index (κ2) is 8.92. The van der Waals surface area contributed by atoms with Gasteiger partial charge in [0, 0.05) is 62.1 Å². The van der Waals surface area contributed by atoms with Crippen LogP contribution in [0, 0.1) is 5.41 Å². The lowest BCUT2D eigenvalue weighted by molar-refractivity contribution is -0.141. The number of alkyl halides is 3. The van der Waals surface area contributed by atoms with Gasteiger partial charge in [-0.1, -0.05) is 12.1 Å². The van der Waals surface area contributed by atoms with Gasteiger partial charge in [-0.2, -0.15) is 13.2 Å². The van der Waals surface area contributed by atoms with E-state index in [9.17, 15) is 18.0 Å². The van der Waals surface area contributed by atoms with Crippen molar-refractivity contribution in [2.75, 3.05) is 52.0 Å². The summed E-state index contributed by atoms with van der Waals surface area (Å²) < 4.78 is 38.4. The second-order valence-electron chi connectivity index (χ2n) is 9.24.